The number of nitrogens with one attached hydrogen (secondary N) is 1. The Morgan fingerprint density at radius 1 is 1.32 bits per heavy atom. The van der Waals surface area contributed by atoms with Crippen molar-refractivity contribution in [3.63, 3.8) is 0 Å². The van der Waals surface area contributed by atoms with Gasteiger partial charge in [-0.1, -0.05) is 0 Å². The van der Waals surface area contributed by atoms with Crippen molar-refractivity contribution in [2.75, 3.05) is 6.54 Å². The first-order valence-corrected chi connectivity index (χ1v) is 7.71. The molecule has 0 bridgehead atoms. The standard InChI is InChI=1S/C12H14F4N2O2S.ClH/c13-9-4-3-8(12(14,15)16)5-11(9)21(19,20)18-6-10(17)7-1-2-7;/h3-5,7,10,18H,1-2,6,17H2;1H. The van der Waals surface area contributed by atoms with Gasteiger partial charge in [0.2, 0.25) is 10.0 Å². The number of sulfonamides is 1. The summed E-state index contributed by atoms with van der Waals surface area (Å²) in [5, 5.41) is 0. The SMILES string of the molecule is Cl.NC(CNS(=O)(=O)c1cc(C(F)(F)F)ccc1F)C1CC1. The van der Waals surface area contributed by atoms with E-state index in [1.807, 2.05) is 0 Å². The van der Waals surface area contributed by atoms with E-state index in [4.69, 9.17) is 5.73 Å². The van der Waals surface area contributed by atoms with Crippen LogP contribution in [-0.2, 0) is 16.2 Å². The Kier molecular flexibility index (Phi) is 5.82. The number of nitrogens with two attached hydrogens (primary N) is 1. The van der Waals surface area contributed by atoms with E-state index in [1.54, 1.807) is 0 Å². The summed E-state index contributed by atoms with van der Waals surface area (Å²) in [5.74, 6) is -1.03. The minimum atomic E-state index is -4.75. The Bertz CT molecular complexity index is 633. The lowest BCUT2D eigenvalue weighted by molar-refractivity contribution is -0.137. The lowest BCUT2D eigenvalue weighted by Crippen LogP contribution is -2.38. The number of hydrogen-bond donors (Lipinski definition) is 2. The van der Waals surface area contributed by atoms with Crippen molar-refractivity contribution in [2.45, 2.75) is 30.0 Å². The molecule has 0 saturated heterocycles. The van der Waals surface area contributed by atoms with Crippen molar-refractivity contribution in [3.05, 3.63) is 29.6 Å². The lowest BCUT2D eigenvalue weighted by Gasteiger charge is -2.14. The summed E-state index contributed by atoms with van der Waals surface area (Å²) >= 11 is 0. The Hall–Kier alpha value is -0.900. The van der Waals surface area contributed by atoms with Gasteiger partial charge >= 0.3 is 6.18 Å². The molecule has 0 spiro atoms. The molecule has 1 aromatic carbocycles. The predicted molar refractivity (Wildman–Crippen MR) is 74.5 cm³/mol. The second kappa shape index (κ2) is 6.69. The Morgan fingerprint density at radius 2 is 1.91 bits per heavy atom. The molecule has 1 atom stereocenters. The molecule has 1 saturated carbocycles. The molecule has 1 fully saturated rings. The Balaban J connectivity index is 0.00000242. The van der Waals surface area contributed by atoms with Gasteiger partial charge < -0.3 is 5.73 Å². The van der Waals surface area contributed by atoms with E-state index in [1.165, 1.54) is 0 Å². The van der Waals surface area contributed by atoms with Crippen LogP contribution >= 0.6 is 12.4 Å². The fourth-order valence-electron chi connectivity index (χ4n) is 1.86. The molecule has 2 rings (SSSR count). The quantitative estimate of drug-likeness (QED) is 0.789. The van der Waals surface area contributed by atoms with Crippen molar-refractivity contribution >= 4 is 22.4 Å². The zero-order chi connectivity index (χ0) is 15.8. The third kappa shape index (κ3) is 4.55. The molecule has 0 aromatic heterocycles. The number of rotatable bonds is 5. The average Bonchev–Trinajstić information content (AvgIpc) is 3.19. The maximum atomic E-state index is 13.5. The van der Waals surface area contributed by atoms with Crippen molar-refractivity contribution < 1.29 is 26.0 Å². The van der Waals surface area contributed by atoms with Crippen LogP contribution in [0.3, 0.4) is 0 Å². The topological polar surface area (TPSA) is 72.2 Å². The van der Waals surface area contributed by atoms with E-state index < -0.39 is 38.5 Å². The number of benzene rings is 1. The summed E-state index contributed by atoms with van der Waals surface area (Å²) in [6, 6.07) is 0.830. The second-order valence-corrected chi connectivity index (χ2v) is 6.73. The van der Waals surface area contributed by atoms with Crippen LogP contribution in [0.25, 0.3) is 0 Å². The number of halogens is 5. The van der Waals surface area contributed by atoms with Crippen LogP contribution in [-0.4, -0.2) is 21.0 Å². The van der Waals surface area contributed by atoms with Gasteiger partial charge in [0.25, 0.3) is 0 Å². The third-order valence-electron chi connectivity index (χ3n) is 3.28. The van der Waals surface area contributed by atoms with Crippen LogP contribution in [0.5, 0.6) is 0 Å². The fraction of sp³-hybridized carbons (Fsp3) is 0.500. The highest BCUT2D eigenvalue weighted by Crippen LogP contribution is 2.32. The fourth-order valence-corrected chi connectivity index (χ4v) is 3.03. The summed E-state index contributed by atoms with van der Waals surface area (Å²) in [4.78, 5) is -1.03. The first-order chi connectivity index (χ1) is 9.61. The molecule has 4 nitrogen and oxygen atoms in total. The first-order valence-electron chi connectivity index (χ1n) is 6.23. The summed E-state index contributed by atoms with van der Waals surface area (Å²) in [6.07, 6.45) is -2.97. The summed E-state index contributed by atoms with van der Waals surface area (Å²) in [6.45, 7) is -0.136. The highest BCUT2D eigenvalue weighted by atomic mass is 35.5. The molecular formula is C12H15ClF4N2O2S. The lowest BCUT2D eigenvalue weighted by atomic mass is 10.2. The maximum Gasteiger partial charge on any atom is 0.416 e. The van der Waals surface area contributed by atoms with Gasteiger partial charge in [0, 0.05) is 12.6 Å². The number of alkyl halides is 3. The van der Waals surface area contributed by atoms with Gasteiger partial charge in [-0.15, -0.1) is 12.4 Å². The molecule has 126 valence electrons. The molecule has 0 amide bonds. The minimum absolute atomic E-state index is 0. The Labute approximate surface area is 131 Å². The second-order valence-electron chi connectivity index (χ2n) is 5.00. The zero-order valence-electron chi connectivity index (χ0n) is 11.2. The molecule has 0 radical (unpaired) electrons. The van der Waals surface area contributed by atoms with Gasteiger partial charge in [-0.3, -0.25) is 0 Å². The van der Waals surface area contributed by atoms with E-state index >= 15 is 0 Å². The van der Waals surface area contributed by atoms with Crippen LogP contribution in [0.15, 0.2) is 23.1 Å². The van der Waals surface area contributed by atoms with Gasteiger partial charge in [-0.2, -0.15) is 13.2 Å². The van der Waals surface area contributed by atoms with Crippen LogP contribution in [0.1, 0.15) is 18.4 Å². The van der Waals surface area contributed by atoms with Gasteiger partial charge in [0.05, 0.1) is 5.56 Å². The van der Waals surface area contributed by atoms with Crippen LogP contribution in [0, 0.1) is 11.7 Å². The van der Waals surface area contributed by atoms with Gasteiger partial charge in [-0.05, 0) is 37.0 Å². The summed E-state index contributed by atoms with van der Waals surface area (Å²) in [5.41, 5.74) is 4.47. The van der Waals surface area contributed by atoms with Crippen molar-refractivity contribution in [2.24, 2.45) is 11.7 Å². The van der Waals surface area contributed by atoms with Gasteiger partial charge in [-0.25, -0.2) is 17.5 Å². The normalized spacial score (nSPS) is 17.0. The minimum Gasteiger partial charge on any atom is -0.326 e. The molecule has 1 aliphatic carbocycles. The van der Waals surface area contributed by atoms with Crippen LogP contribution < -0.4 is 10.5 Å². The average molecular weight is 363 g/mol. The smallest absolute Gasteiger partial charge is 0.326 e. The van der Waals surface area contributed by atoms with Crippen molar-refractivity contribution in [1.82, 2.24) is 4.72 Å². The zero-order valence-corrected chi connectivity index (χ0v) is 12.9. The molecule has 1 unspecified atom stereocenters. The van der Waals surface area contributed by atoms with E-state index in [0.29, 0.717) is 12.1 Å². The monoisotopic (exact) mass is 362 g/mol. The maximum absolute atomic E-state index is 13.5. The molecule has 10 heteroatoms. The molecule has 0 aliphatic heterocycles. The highest BCUT2D eigenvalue weighted by molar-refractivity contribution is 7.89. The van der Waals surface area contributed by atoms with E-state index in [0.717, 1.165) is 12.8 Å². The van der Waals surface area contributed by atoms with Crippen molar-refractivity contribution in [1.29, 1.82) is 0 Å². The first kappa shape index (κ1) is 19.1. The molecule has 1 aromatic rings. The third-order valence-corrected chi connectivity index (χ3v) is 4.72. The number of hydrogen-bond acceptors (Lipinski definition) is 3. The van der Waals surface area contributed by atoms with E-state index in [-0.39, 0.29) is 30.9 Å². The van der Waals surface area contributed by atoms with Crippen LogP contribution in [0.2, 0.25) is 0 Å². The molecule has 0 heterocycles. The summed E-state index contributed by atoms with van der Waals surface area (Å²) < 4.78 is 77.1. The van der Waals surface area contributed by atoms with E-state index in [2.05, 4.69) is 4.72 Å². The summed E-state index contributed by atoms with van der Waals surface area (Å²) in [7, 11) is -4.38. The highest BCUT2D eigenvalue weighted by Gasteiger charge is 2.34. The van der Waals surface area contributed by atoms with E-state index in [9.17, 15) is 26.0 Å². The predicted octanol–water partition coefficient (Wildman–Crippen LogP) is 2.28. The molecular weight excluding hydrogens is 348 g/mol. The Morgan fingerprint density at radius 3 is 2.41 bits per heavy atom. The molecule has 3 N–H and O–H groups in total. The van der Waals surface area contributed by atoms with Crippen LogP contribution in [0.4, 0.5) is 17.6 Å². The molecule has 1 aliphatic rings. The van der Waals surface area contributed by atoms with Crippen molar-refractivity contribution in [3.8, 4) is 0 Å². The largest absolute Gasteiger partial charge is 0.416 e. The molecule has 22 heavy (non-hydrogen) atoms. The van der Waals surface area contributed by atoms with Gasteiger partial charge in [0.1, 0.15) is 10.7 Å². The van der Waals surface area contributed by atoms with Gasteiger partial charge in [0.15, 0.2) is 0 Å².